The van der Waals surface area contributed by atoms with Crippen LogP contribution in [-0.2, 0) is 11.3 Å². The summed E-state index contributed by atoms with van der Waals surface area (Å²) in [6, 6.07) is 8.07. The summed E-state index contributed by atoms with van der Waals surface area (Å²) in [5.41, 5.74) is 2.86. The van der Waals surface area contributed by atoms with Crippen LogP contribution in [0, 0.1) is 12.8 Å². The first kappa shape index (κ1) is 15.4. The molecule has 1 aliphatic heterocycles. The van der Waals surface area contributed by atoms with Crippen LogP contribution < -0.4 is 5.56 Å². The molecule has 0 unspecified atom stereocenters. The Balaban J connectivity index is 1.45. The number of rotatable bonds is 3. The lowest BCUT2D eigenvalue weighted by molar-refractivity contribution is -0.134. The Kier molecular flexibility index (Phi) is 3.88. The summed E-state index contributed by atoms with van der Waals surface area (Å²) in [7, 11) is 0. The monoisotopic (exact) mass is 325 g/mol. The summed E-state index contributed by atoms with van der Waals surface area (Å²) in [6.07, 6.45) is 2.12. The van der Waals surface area contributed by atoms with E-state index in [9.17, 15) is 9.59 Å². The van der Waals surface area contributed by atoms with E-state index < -0.39 is 0 Å². The molecule has 2 aliphatic rings. The fraction of sp³-hybridized carbons (Fsp3) is 0.474. The van der Waals surface area contributed by atoms with Crippen LogP contribution in [-0.4, -0.2) is 46.9 Å². The fourth-order valence-corrected chi connectivity index (χ4v) is 3.44. The number of benzene rings is 1. The molecule has 0 bridgehead atoms. The van der Waals surface area contributed by atoms with Crippen molar-refractivity contribution in [3.05, 3.63) is 45.7 Å². The number of hydrogen-bond acceptors (Lipinski definition) is 3. The number of amides is 1. The van der Waals surface area contributed by atoms with Crippen LogP contribution in [0.3, 0.4) is 0 Å². The number of pyridine rings is 1. The number of aromatic nitrogens is 1. The molecule has 4 rings (SSSR count). The number of nitrogens with zero attached hydrogens (tertiary/aromatic N) is 2. The first-order valence-electron chi connectivity index (χ1n) is 8.74. The van der Waals surface area contributed by atoms with Crippen molar-refractivity contribution in [1.29, 1.82) is 0 Å². The lowest BCUT2D eigenvalue weighted by Gasteiger charge is -2.34. The van der Waals surface area contributed by atoms with Gasteiger partial charge in [-0.05, 0) is 43.4 Å². The average Bonchev–Trinajstić information content (AvgIpc) is 3.41. The van der Waals surface area contributed by atoms with Gasteiger partial charge in [0.05, 0.1) is 0 Å². The van der Waals surface area contributed by atoms with E-state index in [4.69, 9.17) is 0 Å². The van der Waals surface area contributed by atoms with E-state index in [0.717, 1.165) is 55.5 Å². The maximum Gasteiger partial charge on any atom is 0.252 e. The van der Waals surface area contributed by atoms with E-state index in [1.54, 1.807) is 0 Å². The lowest BCUT2D eigenvalue weighted by atomic mass is 10.1. The molecule has 1 aromatic heterocycles. The molecule has 2 heterocycles. The Labute approximate surface area is 141 Å². The Morgan fingerprint density at radius 3 is 2.62 bits per heavy atom. The average molecular weight is 325 g/mol. The Morgan fingerprint density at radius 1 is 1.17 bits per heavy atom. The number of nitrogens with one attached hydrogen (secondary N) is 1. The summed E-state index contributed by atoms with van der Waals surface area (Å²) >= 11 is 0. The highest BCUT2D eigenvalue weighted by Crippen LogP contribution is 2.31. The first-order chi connectivity index (χ1) is 11.6. The third-order valence-electron chi connectivity index (χ3n) is 5.08. The molecule has 5 heteroatoms. The van der Waals surface area contributed by atoms with Gasteiger partial charge in [0.2, 0.25) is 5.91 Å². The number of piperazine rings is 1. The summed E-state index contributed by atoms with van der Waals surface area (Å²) in [5.74, 6) is 0.622. The fourth-order valence-electron chi connectivity index (χ4n) is 3.44. The number of carbonyl (C=O) groups excluding carboxylic acids is 1. The largest absolute Gasteiger partial charge is 0.340 e. The molecule has 5 nitrogen and oxygen atoms in total. The molecule has 1 saturated carbocycles. The van der Waals surface area contributed by atoms with Gasteiger partial charge in [-0.2, -0.15) is 0 Å². The molecule has 126 valence electrons. The van der Waals surface area contributed by atoms with Gasteiger partial charge in [0.25, 0.3) is 5.56 Å². The Morgan fingerprint density at radius 2 is 1.92 bits per heavy atom. The second-order valence-corrected chi connectivity index (χ2v) is 7.09. The number of H-pyrrole nitrogens is 1. The van der Waals surface area contributed by atoms with Crippen LogP contribution in [0.1, 0.15) is 24.0 Å². The predicted octanol–water partition coefficient (Wildman–Crippen LogP) is 1.89. The second kappa shape index (κ2) is 6.06. The van der Waals surface area contributed by atoms with Crippen molar-refractivity contribution in [3.63, 3.8) is 0 Å². The van der Waals surface area contributed by atoms with Crippen LogP contribution in [0.2, 0.25) is 0 Å². The van der Waals surface area contributed by atoms with Crippen molar-refractivity contribution in [3.8, 4) is 0 Å². The number of aryl methyl sites for hydroxylation is 1. The van der Waals surface area contributed by atoms with Crippen LogP contribution >= 0.6 is 0 Å². The van der Waals surface area contributed by atoms with Gasteiger partial charge in [0.15, 0.2) is 0 Å². The summed E-state index contributed by atoms with van der Waals surface area (Å²) in [6.45, 7) is 5.93. The van der Waals surface area contributed by atoms with Gasteiger partial charge in [-0.25, -0.2) is 0 Å². The van der Waals surface area contributed by atoms with Gasteiger partial charge in [-0.3, -0.25) is 14.5 Å². The zero-order valence-corrected chi connectivity index (χ0v) is 14.0. The van der Waals surface area contributed by atoms with Crippen LogP contribution in [0.15, 0.2) is 29.1 Å². The topological polar surface area (TPSA) is 56.4 Å². The van der Waals surface area contributed by atoms with Gasteiger partial charge in [0, 0.05) is 49.7 Å². The molecule has 1 amide bonds. The first-order valence-corrected chi connectivity index (χ1v) is 8.74. The molecule has 1 aliphatic carbocycles. The molecule has 1 aromatic carbocycles. The van der Waals surface area contributed by atoms with E-state index in [2.05, 4.69) is 22.9 Å². The highest BCUT2D eigenvalue weighted by molar-refractivity contribution is 5.81. The molecule has 0 spiro atoms. The summed E-state index contributed by atoms with van der Waals surface area (Å²) < 4.78 is 0. The third kappa shape index (κ3) is 3.08. The van der Waals surface area contributed by atoms with Crippen molar-refractivity contribution < 1.29 is 4.79 Å². The Hall–Kier alpha value is -2.14. The highest BCUT2D eigenvalue weighted by Gasteiger charge is 2.34. The quantitative estimate of drug-likeness (QED) is 0.937. The van der Waals surface area contributed by atoms with Crippen LogP contribution in [0.5, 0.6) is 0 Å². The predicted molar refractivity (Wildman–Crippen MR) is 93.9 cm³/mol. The normalized spacial score (nSPS) is 19.0. The number of carbonyl (C=O) groups is 1. The molecule has 1 N–H and O–H groups in total. The smallest absolute Gasteiger partial charge is 0.252 e. The van der Waals surface area contributed by atoms with Crippen molar-refractivity contribution >= 4 is 16.8 Å². The number of hydrogen-bond donors (Lipinski definition) is 1. The van der Waals surface area contributed by atoms with Crippen molar-refractivity contribution in [1.82, 2.24) is 14.8 Å². The minimum Gasteiger partial charge on any atom is -0.340 e. The van der Waals surface area contributed by atoms with Crippen molar-refractivity contribution in [2.24, 2.45) is 5.92 Å². The highest BCUT2D eigenvalue weighted by atomic mass is 16.2. The van der Waals surface area contributed by atoms with Crippen molar-refractivity contribution in [2.75, 3.05) is 26.2 Å². The van der Waals surface area contributed by atoms with Gasteiger partial charge < -0.3 is 9.88 Å². The molecule has 1 saturated heterocycles. The van der Waals surface area contributed by atoms with Crippen LogP contribution in [0.25, 0.3) is 10.9 Å². The van der Waals surface area contributed by atoms with Gasteiger partial charge >= 0.3 is 0 Å². The zero-order valence-electron chi connectivity index (χ0n) is 14.0. The summed E-state index contributed by atoms with van der Waals surface area (Å²) in [4.78, 5) is 31.7. The van der Waals surface area contributed by atoms with Gasteiger partial charge in [0.1, 0.15) is 0 Å². The van der Waals surface area contributed by atoms with Crippen molar-refractivity contribution in [2.45, 2.75) is 26.3 Å². The maximum atomic E-state index is 12.3. The van der Waals surface area contributed by atoms with Gasteiger partial charge in [-0.15, -0.1) is 0 Å². The molecule has 24 heavy (non-hydrogen) atoms. The molecular formula is C19H23N3O2. The van der Waals surface area contributed by atoms with E-state index in [1.807, 2.05) is 23.1 Å². The third-order valence-corrected chi connectivity index (χ3v) is 5.08. The van der Waals surface area contributed by atoms with Crippen LogP contribution in [0.4, 0.5) is 0 Å². The lowest BCUT2D eigenvalue weighted by Crippen LogP contribution is -2.49. The van der Waals surface area contributed by atoms with E-state index in [0.29, 0.717) is 18.4 Å². The minimum atomic E-state index is -0.0113. The molecule has 0 radical (unpaired) electrons. The van der Waals surface area contributed by atoms with Gasteiger partial charge in [-0.1, -0.05) is 11.6 Å². The maximum absolute atomic E-state index is 12.3. The molecule has 2 fully saturated rings. The summed E-state index contributed by atoms with van der Waals surface area (Å²) in [5, 5.41) is 1.08. The minimum absolute atomic E-state index is 0.0113. The SMILES string of the molecule is Cc1ccc2[nH]c(=O)c(CN3CCN(C(=O)C4CC4)CC3)cc2c1. The Bertz CT molecular complexity index is 830. The molecular weight excluding hydrogens is 302 g/mol. The van der Waals surface area contributed by atoms with E-state index in [1.165, 1.54) is 5.56 Å². The number of aromatic amines is 1. The molecule has 2 aromatic rings. The van der Waals surface area contributed by atoms with E-state index in [-0.39, 0.29) is 5.56 Å². The standard InChI is InChI=1S/C19H23N3O2/c1-13-2-5-17-15(10-13)11-16(18(23)20-17)12-21-6-8-22(9-7-21)19(24)14-3-4-14/h2,5,10-11,14H,3-4,6-9,12H2,1H3,(H,20,23). The van der Waals surface area contributed by atoms with E-state index >= 15 is 0 Å². The number of fused-ring (bicyclic) bond motifs is 1. The second-order valence-electron chi connectivity index (χ2n) is 7.09. The molecule has 0 atom stereocenters. The zero-order chi connectivity index (χ0) is 16.7.